The molecule has 1 saturated heterocycles. The van der Waals surface area contributed by atoms with E-state index in [4.69, 9.17) is 23.1 Å². The number of amides is 3. The number of hydrogen-bond donors (Lipinski definition) is 4. The SMILES string of the molecule is CC(C)(N)C(=O)N1CCN(C(=O)Nc2ccn(-c3ccc(CNC4CCC(N)CC4)c(Cl)c3)c(=O)n2)CC1.Cl. The average molecular weight is 582 g/mol. The number of rotatable bonds is 6. The molecule has 1 aromatic carbocycles. The first-order valence-electron chi connectivity index (χ1n) is 13.0. The van der Waals surface area contributed by atoms with E-state index >= 15 is 0 Å². The van der Waals surface area contributed by atoms with E-state index in [0.29, 0.717) is 55.5 Å². The fourth-order valence-corrected chi connectivity index (χ4v) is 5.03. The van der Waals surface area contributed by atoms with Crippen LogP contribution in [0.1, 0.15) is 45.1 Å². The lowest BCUT2D eigenvalue weighted by Crippen LogP contribution is -2.58. The quantitative estimate of drug-likeness (QED) is 0.408. The summed E-state index contributed by atoms with van der Waals surface area (Å²) in [7, 11) is 0. The monoisotopic (exact) mass is 580 g/mol. The van der Waals surface area contributed by atoms with Crippen LogP contribution in [0.15, 0.2) is 35.3 Å². The summed E-state index contributed by atoms with van der Waals surface area (Å²) in [5, 5.41) is 6.77. The molecule has 0 bridgehead atoms. The normalized spacial score (nSPS) is 19.8. The molecule has 0 unspecified atom stereocenters. The van der Waals surface area contributed by atoms with Gasteiger partial charge in [0.25, 0.3) is 0 Å². The van der Waals surface area contributed by atoms with Crippen LogP contribution in [0.5, 0.6) is 0 Å². The van der Waals surface area contributed by atoms with Gasteiger partial charge in [0.2, 0.25) is 5.91 Å². The number of hydrogen-bond acceptors (Lipinski definition) is 7. The first kappa shape index (κ1) is 30.8. The van der Waals surface area contributed by atoms with E-state index in [1.165, 1.54) is 4.57 Å². The summed E-state index contributed by atoms with van der Waals surface area (Å²) in [6.07, 6.45) is 5.73. The Morgan fingerprint density at radius 1 is 1.08 bits per heavy atom. The number of halogens is 2. The van der Waals surface area contributed by atoms with Gasteiger partial charge in [-0.1, -0.05) is 17.7 Å². The fourth-order valence-electron chi connectivity index (χ4n) is 4.79. The summed E-state index contributed by atoms with van der Waals surface area (Å²) >= 11 is 6.52. The molecule has 0 atom stereocenters. The maximum Gasteiger partial charge on any atom is 0.354 e. The van der Waals surface area contributed by atoms with Crippen molar-refractivity contribution in [2.24, 2.45) is 11.5 Å². The third kappa shape index (κ3) is 7.92. The number of nitrogens with two attached hydrogens (primary N) is 2. The lowest BCUT2D eigenvalue weighted by atomic mass is 9.92. The topological polar surface area (TPSA) is 152 Å². The van der Waals surface area contributed by atoms with Gasteiger partial charge in [-0.3, -0.25) is 14.7 Å². The summed E-state index contributed by atoms with van der Waals surface area (Å²) in [5.74, 6) is -0.00128. The molecular weight excluding hydrogens is 543 g/mol. The van der Waals surface area contributed by atoms with Crippen LogP contribution in [-0.4, -0.2) is 75.1 Å². The second-order valence-corrected chi connectivity index (χ2v) is 11.1. The minimum absolute atomic E-state index is 0. The van der Waals surface area contributed by atoms with Crippen LogP contribution >= 0.6 is 24.0 Å². The van der Waals surface area contributed by atoms with E-state index in [2.05, 4.69) is 15.6 Å². The van der Waals surface area contributed by atoms with Crippen molar-refractivity contribution in [2.45, 2.75) is 63.7 Å². The highest BCUT2D eigenvalue weighted by molar-refractivity contribution is 6.31. The van der Waals surface area contributed by atoms with E-state index in [1.54, 1.807) is 42.0 Å². The first-order chi connectivity index (χ1) is 18.0. The lowest BCUT2D eigenvalue weighted by Gasteiger charge is -2.37. The Morgan fingerprint density at radius 3 is 2.31 bits per heavy atom. The number of nitrogens with one attached hydrogen (secondary N) is 2. The molecule has 2 aliphatic rings. The van der Waals surface area contributed by atoms with Gasteiger partial charge in [-0.15, -0.1) is 12.4 Å². The number of piperazine rings is 1. The summed E-state index contributed by atoms with van der Waals surface area (Å²) in [6.45, 7) is 5.47. The van der Waals surface area contributed by atoms with Gasteiger partial charge in [0.15, 0.2) is 0 Å². The van der Waals surface area contributed by atoms with Crippen molar-refractivity contribution in [1.29, 1.82) is 0 Å². The van der Waals surface area contributed by atoms with Gasteiger partial charge in [0.1, 0.15) is 5.82 Å². The summed E-state index contributed by atoms with van der Waals surface area (Å²) < 4.78 is 1.38. The highest BCUT2D eigenvalue weighted by atomic mass is 35.5. The first-order valence-corrected chi connectivity index (χ1v) is 13.4. The Balaban J connectivity index is 0.00000420. The third-order valence-electron chi connectivity index (χ3n) is 7.11. The Hall–Kier alpha value is -2.70. The minimum Gasteiger partial charge on any atom is -0.338 e. The van der Waals surface area contributed by atoms with Gasteiger partial charge in [0.05, 0.1) is 11.2 Å². The molecule has 6 N–H and O–H groups in total. The lowest BCUT2D eigenvalue weighted by molar-refractivity contribution is -0.137. The van der Waals surface area contributed by atoms with Crippen LogP contribution in [0.4, 0.5) is 10.6 Å². The molecule has 11 nitrogen and oxygen atoms in total. The second kappa shape index (κ2) is 13.1. The smallest absolute Gasteiger partial charge is 0.338 e. The fraction of sp³-hybridized carbons (Fsp3) is 0.538. The molecule has 1 aromatic heterocycles. The number of aromatic nitrogens is 2. The summed E-state index contributed by atoms with van der Waals surface area (Å²) in [4.78, 5) is 45.0. The van der Waals surface area contributed by atoms with Crippen molar-refractivity contribution in [2.75, 3.05) is 31.5 Å². The molecular formula is C26H38Cl2N8O3. The molecule has 3 amide bonds. The second-order valence-electron chi connectivity index (χ2n) is 10.7. The number of anilines is 1. The zero-order valence-electron chi connectivity index (χ0n) is 22.4. The van der Waals surface area contributed by atoms with Gasteiger partial charge in [-0.05, 0) is 63.3 Å². The van der Waals surface area contributed by atoms with Crippen LogP contribution in [0.3, 0.4) is 0 Å². The Morgan fingerprint density at radius 2 is 1.72 bits per heavy atom. The van der Waals surface area contributed by atoms with Gasteiger partial charge >= 0.3 is 11.7 Å². The van der Waals surface area contributed by atoms with Gasteiger partial charge in [-0.2, -0.15) is 4.98 Å². The number of urea groups is 1. The van der Waals surface area contributed by atoms with Crippen LogP contribution in [0.2, 0.25) is 5.02 Å². The average Bonchev–Trinajstić information content (AvgIpc) is 2.88. The Kier molecular flexibility index (Phi) is 10.4. The molecule has 39 heavy (non-hydrogen) atoms. The molecule has 2 aromatic rings. The van der Waals surface area contributed by atoms with Gasteiger partial charge in [-0.25, -0.2) is 9.59 Å². The molecule has 1 aliphatic heterocycles. The number of benzene rings is 1. The van der Waals surface area contributed by atoms with E-state index < -0.39 is 11.2 Å². The summed E-state index contributed by atoms with van der Waals surface area (Å²) in [5.41, 5.74) is 11.9. The molecule has 1 saturated carbocycles. The predicted octanol–water partition coefficient (Wildman–Crippen LogP) is 2.08. The van der Waals surface area contributed by atoms with Crippen molar-refractivity contribution in [3.8, 4) is 5.69 Å². The molecule has 2 heterocycles. The summed E-state index contributed by atoms with van der Waals surface area (Å²) in [6, 6.07) is 7.38. The number of nitrogens with zero attached hydrogens (tertiary/aromatic N) is 4. The molecule has 214 valence electrons. The highest BCUT2D eigenvalue weighted by Gasteiger charge is 2.31. The molecule has 0 radical (unpaired) electrons. The molecule has 13 heteroatoms. The van der Waals surface area contributed by atoms with E-state index in [-0.39, 0.29) is 30.2 Å². The van der Waals surface area contributed by atoms with Gasteiger partial charge < -0.3 is 26.6 Å². The van der Waals surface area contributed by atoms with Crippen LogP contribution in [-0.2, 0) is 11.3 Å². The Bertz CT molecular complexity index is 1220. The predicted molar refractivity (Wildman–Crippen MR) is 155 cm³/mol. The van der Waals surface area contributed by atoms with E-state index in [1.807, 2.05) is 12.1 Å². The van der Waals surface area contributed by atoms with Crippen molar-refractivity contribution in [3.63, 3.8) is 0 Å². The van der Waals surface area contributed by atoms with Crippen LogP contribution in [0, 0.1) is 0 Å². The van der Waals surface area contributed by atoms with Crippen molar-refractivity contribution >= 4 is 41.8 Å². The number of carbonyl (C=O) groups is 2. The third-order valence-corrected chi connectivity index (χ3v) is 7.46. The van der Waals surface area contributed by atoms with Crippen LogP contribution in [0.25, 0.3) is 5.69 Å². The molecule has 1 aliphatic carbocycles. The van der Waals surface area contributed by atoms with Crippen molar-refractivity contribution in [1.82, 2.24) is 24.7 Å². The van der Waals surface area contributed by atoms with Crippen molar-refractivity contribution < 1.29 is 9.59 Å². The van der Waals surface area contributed by atoms with Gasteiger partial charge in [0, 0.05) is 56.0 Å². The molecule has 2 fully saturated rings. The van der Waals surface area contributed by atoms with Crippen molar-refractivity contribution in [3.05, 3.63) is 51.5 Å². The zero-order chi connectivity index (χ0) is 27.4. The number of carbonyl (C=O) groups excluding carboxylic acids is 2. The van der Waals surface area contributed by atoms with E-state index in [0.717, 1.165) is 31.2 Å². The Labute approximate surface area is 239 Å². The van der Waals surface area contributed by atoms with Crippen LogP contribution < -0.4 is 27.8 Å². The maximum absolute atomic E-state index is 12.7. The molecule has 0 spiro atoms. The standard InChI is InChI=1S/C26H37ClN8O3.ClH/c1-26(2,29)23(36)33-11-13-34(14-12-33)24(37)31-22-9-10-35(25(38)32-22)20-8-3-17(21(27)15-20)16-30-19-6-4-18(28)5-7-19;/h3,8-10,15,18-19,30H,4-7,11-14,16,28-29H2,1-2H3,(H,31,32,37,38);1H. The highest BCUT2D eigenvalue weighted by Crippen LogP contribution is 2.22. The zero-order valence-corrected chi connectivity index (χ0v) is 23.9. The molecule has 4 rings (SSSR count). The minimum atomic E-state index is -0.955. The van der Waals surface area contributed by atoms with E-state index in [9.17, 15) is 14.4 Å². The maximum atomic E-state index is 12.7. The largest absolute Gasteiger partial charge is 0.354 e.